The molecule has 59 heavy (non-hydrogen) atoms. The number of aliphatic hydroxyl groups is 1. The molecule has 13 heteroatoms. The quantitative estimate of drug-likeness (QED) is 0.0555. The number of phenols is 2. The molecule has 2 unspecified atom stereocenters. The molecule has 1 fully saturated rings. The minimum absolute atomic E-state index is 0. The molecule has 1 saturated heterocycles. The zero-order valence-corrected chi connectivity index (χ0v) is 36.8. The summed E-state index contributed by atoms with van der Waals surface area (Å²) in [6, 6.07) is 24.3. The van der Waals surface area contributed by atoms with Crippen molar-refractivity contribution in [2.45, 2.75) is 39.9 Å². The van der Waals surface area contributed by atoms with Crippen LogP contribution in [-0.2, 0) is 38.1 Å². The van der Waals surface area contributed by atoms with Crippen LogP contribution in [0.1, 0.15) is 44.5 Å². The van der Waals surface area contributed by atoms with E-state index in [9.17, 15) is 34.5 Å². The number of ether oxygens (including phenoxy) is 4. The fourth-order valence-electron chi connectivity index (χ4n) is 4.45. The van der Waals surface area contributed by atoms with E-state index >= 15 is 0 Å². The van der Waals surface area contributed by atoms with Crippen LogP contribution in [0.5, 0.6) is 11.5 Å². The fraction of sp³-hybridized carbons (Fsp3) is 0.217. The van der Waals surface area contributed by atoms with Gasteiger partial charge in [-0.2, -0.15) is 0 Å². The van der Waals surface area contributed by atoms with E-state index in [0.29, 0.717) is 24.3 Å². The summed E-state index contributed by atoms with van der Waals surface area (Å²) in [5.41, 5.74) is 8.05. The average molecular weight is 831 g/mol. The van der Waals surface area contributed by atoms with Crippen molar-refractivity contribution in [1.29, 1.82) is 0 Å². The topological polar surface area (TPSA) is 192 Å². The van der Waals surface area contributed by atoms with E-state index < -0.39 is 24.0 Å². The van der Waals surface area contributed by atoms with E-state index in [2.05, 4.69) is 13.8 Å². The first-order valence-electron chi connectivity index (χ1n) is 18.1. The summed E-state index contributed by atoms with van der Waals surface area (Å²) in [7, 11) is 0. The number of aliphatic carboxylic acids is 1. The van der Waals surface area contributed by atoms with Gasteiger partial charge in [0.1, 0.15) is 43.5 Å². The molecule has 0 spiro atoms. The van der Waals surface area contributed by atoms with Crippen LogP contribution in [0.4, 0.5) is 0 Å². The van der Waals surface area contributed by atoms with Crippen molar-refractivity contribution in [2.75, 3.05) is 26.4 Å². The Morgan fingerprint density at radius 3 is 1.34 bits per heavy atom. The summed E-state index contributed by atoms with van der Waals surface area (Å²) in [5.74, 6) is -2.51. The van der Waals surface area contributed by atoms with E-state index in [1.165, 1.54) is 71.3 Å². The van der Waals surface area contributed by atoms with E-state index in [0.717, 1.165) is 22.8 Å². The van der Waals surface area contributed by atoms with Crippen LogP contribution >= 0.6 is 0 Å². The number of rotatable bonds is 14. The van der Waals surface area contributed by atoms with E-state index in [-0.39, 0.29) is 88.2 Å². The number of benzene rings is 4. The fourth-order valence-corrected chi connectivity index (χ4v) is 4.45. The second kappa shape index (κ2) is 26.8. The predicted molar refractivity (Wildman–Crippen MR) is 218 cm³/mol. The minimum atomic E-state index is -1.23. The van der Waals surface area contributed by atoms with E-state index in [4.69, 9.17) is 24.1 Å². The first kappa shape index (κ1) is 50.0. The minimum Gasteiger partial charge on any atom is -0.545 e. The number of aromatic hydroxyl groups is 2. The van der Waals surface area contributed by atoms with Crippen molar-refractivity contribution < 1.29 is 110 Å². The summed E-state index contributed by atoms with van der Waals surface area (Å²) < 4.78 is 19.8. The molecular formula is C46H47KO12. The molecule has 0 aromatic heterocycles. The molecule has 1 heterocycles. The van der Waals surface area contributed by atoms with Gasteiger partial charge in [0.15, 0.2) is 0 Å². The Hall–Kier alpha value is -5.12. The second-order valence-electron chi connectivity index (χ2n) is 13.0. The number of carbonyl (C=O) groups is 4. The average Bonchev–Trinajstić information content (AvgIpc) is 4.04. The number of hydrogen-bond donors (Lipinski definition) is 3. The van der Waals surface area contributed by atoms with Crippen LogP contribution in [0.3, 0.4) is 0 Å². The largest absolute Gasteiger partial charge is 1.00 e. The van der Waals surface area contributed by atoms with Gasteiger partial charge in [0.2, 0.25) is 0 Å². The molecule has 304 valence electrons. The molecular weight excluding hydrogens is 784 g/mol. The van der Waals surface area contributed by atoms with Crippen LogP contribution in [0, 0.1) is 27.7 Å². The van der Waals surface area contributed by atoms with Crippen LogP contribution in [0.2, 0.25) is 0 Å². The number of carboxylic acids is 1. The number of esters is 3. The third-order valence-corrected chi connectivity index (χ3v) is 8.15. The van der Waals surface area contributed by atoms with Gasteiger partial charge in [0, 0.05) is 18.2 Å². The first-order valence-corrected chi connectivity index (χ1v) is 18.1. The zero-order valence-electron chi connectivity index (χ0n) is 33.7. The molecule has 2 atom stereocenters. The van der Waals surface area contributed by atoms with Gasteiger partial charge < -0.3 is 44.2 Å². The smallest absolute Gasteiger partial charge is 0.545 e. The van der Waals surface area contributed by atoms with Crippen LogP contribution in [0.25, 0.3) is 24.3 Å². The molecule has 0 aliphatic carbocycles. The van der Waals surface area contributed by atoms with Gasteiger partial charge in [0.05, 0.1) is 12.6 Å². The van der Waals surface area contributed by atoms with Gasteiger partial charge in [-0.3, -0.25) is 0 Å². The van der Waals surface area contributed by atoms with Crippen molar-refractivity contribution in [3.63, 3.8) is 0 Å². The van der Waals surface area contributed by atoms with Crippen molar-refractivity contribution in [1.82, 2.24) is 0 Å². The Morgan fingerprint density at radius 1 is 0.610 bits per heavy atom. The molecule has 4 aromatic rings. The normalized spacial score (nSPS) is 13.4. The summed E-state index contributed by atoms with van der Waals surface area (Å²) in [4.78, 5) is 44.7. The third kappa shape index (κ3) is 22.0. The molecule has 5 rings (SSSR count). The van der Waals surface area contributed by atoms with Crippen molar-refractivity contribution in [2.24, 2.45) is 0 Å². The maximum Gasteiger partial charge on any atom is 1.00 e. The Labute approximate surface area is 386 Å². The molecule has 0 bridgehead atoms. The Morgan fingerprint density at radius 2 is 0.966 bits per heavy atom. The molecule has 1 aliphatic rings. The number of aryl methyl sites for hydroxylation is 4. The van der Waals surface area contributed by atoms with Gasteiger partial charge in [-0.25, -0.2) is 14.4 Å². The molecule has 12 nitrogen and oxygen atoms in total. The summed E-state index contributed by atoms with van der Waals surface area (Å²) in [6.07, 6.45) is 10.2. The number of carboxylic acid groups (broad SMARTS) is 1. The van der Waals surface area contributed by atoms with Gasteiger partial charge in [-0.1, -0.05) is 66.7 Å². The third-order valence-electron chi connectivity index (χ3n) is 8.15. The van der Waals surface area contributed by atoms with Crippen molar-refractivity contribution in [3.05, 3.63) is 154 Å². The monoisotopic (exact) mass is 830 g/mol. The van der Waals surface area contributed by atoms with E-state index in [1.807, 2.05) is 50.2 Å². The Bertz CT molecular complexity index is 2100. The predicted octanol–water partition coefficient (Wildman–Crippen LogP) is 2.60. The number of aliphatic hydroxyl groups excluding tert-OH is 1. The van der Waals surface area contributed by atoms with Crippen molar-refractivity contribution >= 4 is 48.2 Å². The summed E-state index contributed by atoms with van der Waals surface area (Å²) in [5, 5.41) is 37.9. The first-order chi connectivity index (χ1) is 27.7. The number of hydrogen-bond acceptors (Lipinski definition) is 12. The molecule has 4 aromatic carbocycles. The van der Waals surface area contributed by atoms with Gasteiger partial charge in [0.25, 0.3) is 0 Å². The zero-order chi connectivity index (χ0) is 42.5. The Kier molecular flexibility index (Phi) is 22.7. The van der Waals surface area contributed by atoms with Gasteiger partial charge in [-0.15, -0.1) is 0 Å². The molecule has 0 saturated carbocycles. The number of epoxide rings is 1. The Balaban J connectivity index is 0.000000337. The SMILES string of the molecule is Cc1ccc(/C=C/C(=O)OCC(O)COC(=O)/C=C/c2ccc(O)cc2)cc1C.Cc1ccc(/C=C/C(=O)OCC2CO2)cc1C.O=C([O-])/C=C/c1ccc(O)cc1.[K+]. The molecule has 0 radical (unpaired) electrons. The standard InChI is InChI=1S/C23H24O6.C14H16O3.C9H8O3.K/c1-16-3-4-19(13-17(16)2)8-12-23(27)29-15-21(25)14-28-22(26)11-7-18-5-9-20(24)10-6-18;1-10-3-4-12(7-11(10)2)5-6-14(15)17-9-13-8-16-13;10-8-4-1-7(2-5-8)3-6-9(11)12;/h3-13,21,24-25H,14-15H2,1-2H3;3-7,13H,8-9H2,1-2H3;1-6,10H,(H,11,12);/q;;;+1/p-1/b11-7+,12-8+;6-5+;6-3+;. The number of phenolic OH excluding ortho intramolecular Hbond substituents is 2. The van der Waals surface area contributed by atoms with Crippen LogP contribution < -0.4 is 56.5 Å². The second-order valence-corrected chi connectivity index (χ2v) is 13.0. The van der Waals surface area contributed by atoms with Gasteiger partial charge >= 0.3 is 69.3 Å². The maximum absolute atomic E-state index is 11.7. The van der Waals surface area contributed by atoms with Crippen LogP contribution in [0.15, 0.2) is 109 Å². The number of carbonyl (C=O) groups excluding carboxylic acids is 4. The molecule has 1 aliphatic heterocycles. The summed E-state index contributed by atoms with van der Waals surface area (Å²) >= 11 is 0. The molecule has 0 amide bonds. The van der Waals surface area contributed by atoms with Crippen molar-refractivity contribution in [3.8, 4) is 11.5 Å². The van der Waals surface area contributed by atoms with E-state index in [1.54, 1.807) is 36.4 Å². The van der Waals surface area contributed by atoms with Gasteiger partial charge in [-0.05, 0) is 121 Å². The maximum atomic E-state index is 11.7. The summed E-state index contributed by atoms with van der Waals surface area (Å²) in [6.45, 7) is 8.58. The molecule has 3 N–H and O–H groups in total. The van der Waals surface area contributed by atoms with Crippen LogP contribution in [-0.4, -0.2) is 77.8 Å².